The van der Waals surface area contributed by atoms with Gasteiger partial charge in [0.25, 0.3) is 0 Å². The number of hydrogen-bond donors (Lipinski definition) is 1. The smallest absolute Gasteiger partial charge is 0.414 e. The largest absolute Gasteiger partial charge is 0.444 e. The number of amides is 1. The minimum atomic E-state index is -2.96. The van der Waals surface area contributed by atoms with E-state index in [1.54, 1.807) is 27.7 Å². The van der Waals surface area contributed by atoms with E-state index in [1.807, 2.05) is 0 Å². The van der Waals surface area contributed by atoms with E-state index in [4.69, 9.17) is 11.2 Å². The molecule has 2 atom stereocenters. The zero-order valence-corrected chi connectivity index (χ0v) is 18.5. The number of rotatable bonds is 1. The summed E-state index contributed by atoms with van der Waals surface area (Å²) in [6, 6.07) is 4.30. The van der Waals surface area contributed by atoms with E-state index >= 15 is 0 Å². The van der Waals surface area contributed by atoms with Crippen LogP contribution in [0, 0.1) is 18.2 Å². The first kappa shape index (κ1) is 22.1. The van der Waals surface area contributed by atoms with Crippen molar-refractivity contribution in [3.63, 3.8) is 0 Å². The van der Waals surface area contributed by atoms with Crippen molar-refractivity contribution in [2.75, 3.05) is 18.8 Å². The van der Waals surface area contributed by atoms with Crippen LogP contribution in [0.2, 0.25) is 0 Å². The summed E-state index contributed by atoms with van der Waals surface area (Å²) in [6.45, 7) is 7.74. The fourth-order valence-electron chi connectivity index (χ4n) is 3.49. The maximum absolute atomic E-state index is 14.8. The number of carbonyl (C=O) groups is 1. The SMILES string of the molecule is C#Cc1ccc(F)c([C@]2(C)C[S@@]3(=O)=NCCCCN3C(NC(=O)OC(C)(C)C)=N2)c1. The van der Waals surface area contributed by atoms with Gasteiger partial charge in [0.15, 0.2) is 0 Å². The number of fused-ring (bicyclic) bond motifs is 1. The molecule has 0 unspecified atom stereocenters. The Labute approximate surface area is 177 Å². The molecule has 0 bridgehead atoms. The molecule has 0 spiro atoms. The first-order valence-corrected chi connectivity index (χ1v) is 11.4. The van der Waals surface area contributed by atoms with Gasteiger partial charge >= 0.3 is 6.09 Å². The number of carbonyl (C=O) groups excluding carboxylic acids is 1. The van der Waals surface area contributed by atoms with Gasteiger partial charge in [-0.25, -0.2) is 22.7 Å². The number of hydrogen-bond acceptors (Lipinski definition) is 5. The molecule has 1 aromatic carbocycles. The molecular formula is C21H27FN4O3S. The number of aliphatic imine (C=N–C) groups is 1. The van der Waals surface area contributed by atoms with Crippen LogP contribution in [0.4, 0.5) is 9.18 Å². The molecule has 1 aromatic rings. The average molecular weight is 435 g/mol. The van der Waals surface area contributed by atoms with Crippen molar-refractivity contribution in [3.8, 4) is 12.3 Å². The standard InChI is InChI=1S/C21H27FN4O3S/c1-6-15-9-10-17(22)16(13-15)21(5)14-30(28)23-11-7-8-12-26(30)18(25-21)24-19(27)29-20(2,3)4/h1,9-10,13H,7-8,11-12,14H2,2-5H3,(H,24,25,27)/t21-,30+/m0/s1. The van der Waals surface area contributed by atoms with Gasteiger partial charge in [-0.1, -0.05) is 5.92 Å². The highest BCUT2D eigenvalue weighted by Gasteiger charge is 2.43. The van der Waals surface area contributed by atoms with Crippen LogP contribution in [0.15, 0.2) is 27.6 Å². The molecule has 2 aliphatic heterocycles. The Kier molecular flexibility index (Phi) is 5.83. The van der Waals surface area contributed by atoms with E-state index < -0.39 is 33.0 Å². The molecule has 0 radical (unpaired) electrons. The number of benzene rings is 1. The molecule has 0 fully saturated rings. The molecule has 0 aromatic heterocycles. The van der Waals surface area contributed by atoms with E-state index in [1.165, 1.54) is 22.5 Å². The highest BCUT2D eigenvalue weighted by molar-refractivity contribution is 7.92. The first-order valence-electron chi connectivity index (χ1n) is 9.81. The van der Waals surface area contributed by atoms with Crippen LogP contribution in [0.5, 0.6) is 0 Å². The molecule has 1 N–H and O–H groups in total. The van der Waals surface area contributed by atoms with Gasteiger partial charge in [0, 0.05) is 17.7 Å². The number of halogens is 1. The summed E-state index contributed by atoms with van der Waals surface area (Å²) >= 11 is 0. The second-order valence-electron chi connectivity index (χ2n) is 8.59. The lowest BCUT2D eigenvalue weighted by Crippen LogP contribution is -2.55. The molecular weight excluding hydrogens is 407 g/mol. The van der Waals surface area contributed by atoms with Crippen LogP contribution in [0.3, 0.4) is 0 Å². The topological polar surface area (TPSA) is 83.4 Å². The number of terminal acetylenes is 1. The molecule has 9 heteroatoms. The molecule has 0 saturated heterocycles. The van der Waals surface area contributed by atoms with Crippen LogP contribution in [0.1, 0.15) is 51.7 Å². The summed E-state index contributed by atoms with van der Waals surface area (Å²) in [5.41, 5.74) is -1.26. The average Bonchev–Trinajstić information content (AvgIpc) is 2.81. The third-order valence-electron chi connectivity index (χ3n) is 4.79. The van der Waals surface area contributed by atoms with Crippen molar-refractivity contribution in [3.05, 3.63) is 35.1 Å². The van der Waals surface area contributed by atoms with Gasteiger partial charge in [-0.3, -0.25) is 9.62 Å². The van der Waals surface area contributed by atoms with E-state index in [0.29, 0.717) is 18.7 Å². The fourth-order valence-corrected chi connectivity index (χ4v) is 6.01. The normalized spacial score (nSPS) is 26.4. The number of ether oxygens (including phenoxy) is 1. The number of guanidine groups is 1. The number of alkyl carbamates (subject to hydrolysis) is 1. The Morgan fingerprint density at radius 2 is 2.13 bits per heavy atom. The Hall–Kier alpha value is -2.60. The van der Waals surface area contributed by atoms with Crippen molar-refractivity contribution in [2.24, 2.45) is 9.36 Å². The molecule has 2 heterocycles. The molecule has 162 valence electrons. The van der Waals surface area contributed by atoms with Gasteiger partial charge < -0.3 is 4.74 Å². The zero-order chi connectivity index (χ0) is 22.2. The van der Waals surface area contributed by atoms with Crippen molar-refractivity contribution in [1.29, 1.82) is 0 Å². The van der Waals surface area contributed by atoms with Crippen LogP contribution < -0.4 is 5.32 Å². The Balaban J connectivity index is 2.12. The van der Waals surface area contributed by atoms with Gasteiger partial charge in [0.1, 0.15) is 26.9 Å². The maximum atomic E-state index is 14.8. The van der Waals surface area contributed by atoms with Gasteiger partial charge in [0.05, 0.1) is 12.3 Å². The Morgan fingerprint density at radius 3 is 2.80 bits per heavy atom. The Bertz CT molecular complexity index is 1050. The lowest BCUT2D eigenvalue weighted by Gasteiger charge is -2.39. The third kappa shape index (κ3) is 4.59. The highest BCUT2D eigenvalue weighted by Crippen LogP contribution is 2.36. The molecule has 1 amide bonds. The molecule has 3 rings (SSSR count). The highest BCUT2D eigenvalue weighted by atomic mass is 32.2. The molecule has 0 aliphatic carbocycles. The second-order valence-corrected chi connectivity index (χ2v) is 10.8. The summed E-state index contributed by atoms with van der Waals surface area (Å²) in [5.74, 6) is 2.03. The van der Waals surface area contributed by atoms with Crippen molar-refractivity contribution < 1.29 is 18.1 Å². The van der Waals surface area contributed by atoms with Crippen LogP contribution in [-0.4, -0.2) is 45.0 Å². The van der Waals surface area contributed by atoms with Crippen molar-refractivity contribution in [1.82, 2.24) is 9.62 Å². The van der Waals surface area contributed by atoms with Gasteiger partial charge in [0.2, 0.25) is 5.96 Å². The lowest BCUT2D eigenvalue weighted by molar-refractivity contribution is 0.0558. The maximum Gasteiger partial charge on any atom is 0.414 e. The quantitative estimate of drug-likeness (QED) is 0.688. The summed E-state index contributed by atoms with van der Waals surface area (Å²) in [7, 11) is -2.96. The zero-order valence-electron chi connectivity index (χ0n) is 17.7. The van der Waals surface area contributed by atoms with Crippen molar-refractivity contribution >= 4 is 22.0 Å². The number of nitrogens with one attached hydrogen (secondary N) is 1. The summed E-state index contributed by atoms with van der Waals surface area (Å²) in [6.07, 6.45) is 6.27. The van der Waals surface area contributed by atoms with Gasteiger partial charge in [-0.2, -0.15) is 0 Å². The lowest BCUT2D eigenvalue weighted by atomic mass is 9.92. The number of nitrogens with zero attached hydrogens (tertiary/aromatic N) is 3. The third-order valence-corrected chi connectivity index (χ3v) is 7.36. The molecule has 7 nitrogen and oxygen atoms in total. The van der Waals surface area contributed by atoms with Gasteiger partial charge in [-0.05, 0) is 58.7 Å². The van der Waals surface area contributed by atoms with E-state index in [2.05, 4.69) is 20.6 Å². The van der Waals surface area contributed by atoms with E-state index in [0.717, 1.165) is 12.8 Å². The van der Waals surface area contributed by atoms with Crippen LogP contribution in [-0.2, 0) is 20.2 Å². The predicted octanol–water partition coefficient (Wildman–Crippen LogP) is 3.40. The monoisotopic (exact) mass is 434 g/mol. The summed E-state index contributed by atoms with van der Waals surface area (Å²) < 4.78 is 39.9. The van der Waals surface area contributed by atoms with Gasteiger partial charge in [-0.15, -0.1) is 6.42 Å². The molecule has 2 aliphatic rings. The minimum Gasteiger partial charge on any atom is -0.444 e. The van der Waals surface area contributed by atoms with E-state index in [-0.39, 0.29) is 17.3 Å². The van der Waals surface area contributed by atoms with E-state index in [9.17, 15) is 13.4 Å². The van der Waals surface area contributed by atoms with Crippen molar-refractivity contribution in [2.45, 2.75) is 51.7 Å². The Morgan fingerprint density at radius 1 is 1.40 bits per heavy atom. The molecule has 30 heavy (non-hydrogen) atoms. The molecule has 0 saturated carbocycles. The minimum absolute atomic E-state index is 0.00948. The first-order chi connectivity index (χ1) is 14.0. The van der Waals surface area contributed by atoms with Crippen LogP contribution >= 0.6 is 0 Å². The van der Waals surface area contributed by atoms with Crippen LogP contribution in [0.25, 0.3) is 0 Å². The summed E-state index contributed by atoms with van der Waals surface area (Å²) in [4.78, 5) is 17.1. The second kappa shape index (κ2) is 7.91. The summed E-state index contributed by atoms with van der Waals surface area (Å²) in [5, 5.41) is 2.61. The fraction of sp³-hybridized carbons (Fsp3) is 0.524. The predicted molar refractivity (Wildman–Crippen MR) is 115 cm³/mol.